The maximum atomic E-state index is 8.63. The van der Waals surface area contributed by atoms with Crippen LogP contribution in [-0.4, -0.2) is 19.1 Å². The Balaban J connectivity index is 0.00000450. The van der Waals surface area contributed by atoms with Crippen LogP contribution in [0.1, 0.15) is 79.3 Å². The van der Waals surface area contributed by atoms with Crippen LogP contribution in [0.3, 0.4) is 0 Å². The molecule has 0 unspecified atom stereocenters. The standard InChI is InChI=1S/C46H43N5O.Pt/c1-30(2)31-19-20-48-44(21-31)51-40-14-10-9-13-38(40)39-18-17-36(26-43(39)51)52-37-25-35(27-47-28-37)50-29-49(41-15-11-12-16-42(41)50)34-23-32(45(3,4)5)22-33(24-34)46(6,7)8;/h9-24,27-28,30H,1-8H3;/q-2;/i30D;. The van der Waals surface area contributed by atoms with Crippen LogP contribution in [0.25, 0.3) is 50.0 Å². The van der Waals surface area contributed by atoms with Crippen LogP contribution in [-0.2, 0) is 31.9 Å². The molecule has 53 heavy (non-hydrogen) atoms. The summed E-state index contributed by atoms with van der Waals surface area (Å²) in [6, 6.07) is 38.3. The number of benzene rings is 4. The quantitative estimate of drug-likeness (QED) is 0.124. The third kappa shape index (κ3) is 6.81. The summed E-state index contributed by atoms with van der Waals surface area (Å²) in [6.07, 6.45) is 8.84. The molecule has 0 bridgehead atoms. The number of nitrogens with zero attached hydrogens (tertiary/aromatic N) is 5. The van der Waals surface area contributed by atoms with Crippen LogP contribution >= 0.6 is 0 Å². The minimum absolute atomic E-state index is 0. The van der Waals surface area contributed by atoms with E-state index in [1.54, 1.807) is 18.6 Å². The van der Waals surface area contributed by atoms with Crippen molar-refractivity contribution < 1.29 is 31.7 Å². The molecule has 0 saturated carbocycles. The molecule has 0 radical (unpaired) electrons. The number of hydrogen-bond donors (Lipinski definition) is 0. The summed E-state index contributed by atoms with van der Waals surface area (Å²) in [6.45, 7) is 17.3. The Labute approximate surface area is 327 Å². The van der Waals surface area contributed by atoms with Gasteiger partial charge in [0.05, 0.1) is 16.7 Å². The summed E-state index contributed by atoms with van der Waals surface area (Å²) >= 11 is 0. The number of imidazole rings is 1. The molecule has 8 aromatic rings. The maximum absolute atomic E-state index is 8.63. The van der Waals surface area contributed by atoms with Crippen molar-refractivity contribution in [1.29, 1.82) is 0 Å². The van der Waals surface area contributed by atoms with Crippen molar-refractivity contribution in [1.82, 2.24) is 19.1 Å². The van der Waals surface area contributed by atoms with Crippen molar-refractivity contribution in [2.75, 3.05) is 0 Å². The Kier molecular flexibility index (Phi) is 9.07. The van der Waals surface area contributed by atoms with Gasteiger partial charge in [-0.2, -0.15) is 6.07 Å². The summed E-state index contributed by atoms with van der Waals surface area (Å²) < 4.78 is 21.3. The molecule has 0 amide bonds. The van der Waals surface area contributed by atoms with Gasteiger partial charge in [0.1, 0.15) is 5.82 Å². The molecule has 4 aromatic heterocycles. The Bertz CT molecular complexity index is 2640. The van der Waals surface area contributed by atoms with Crippen LogP contribution in [0.2, 0.25) is 0 Å². The SMILES string of the molecule is [2H]C(C)(C)c1ccnc(-n2c3[c-]c(Oc4[c-]c(-n5[c-][n+](-c6cc(C(C)(C)C)cc(C(C)(C)C)c6)c6ccccc65)cnc4)ccc3c3ccccc32)c1.[Pt]. The number of ether oxygens (including phenoxy) is 1. The normalized spacial score (nSPS) is 12.6. The molecule has 270 valence electrons. The molecule has 0 aliphatic carbocycles. The number of aromatic nitrogens is 5. The molecule has 0 spiro atoms. The zero-order valence-electron chi connectivity index (χ0n) is 32.4. The number of hydrogen-bond acceptors (Lipinski definition) is 3. The third-order valence-corrected chi connectivity index (χ3v) is 9.68. The summed E-state index contributed by atoms with van der Waals surface area (Å²) in [4.78, 5) is 9.31. The molecule has 4 aromatic carbocycles. The molecule has 0 N–H and O–H groups in total. The van der Waals surface area contributed by atoms with Gasteiger partial charge in [0.25, 0.3) is 6.33 Å². The second-order valence-electron chi connectivity index (χ2n) is 15.8. The largest absolute Gasteiger partial charge is 0.508 e. The molecular weight excluding hydrogens is 834 g/mol. The average molecular weight is 878 g/mol. The van der Waals surface area contributed by atoms with Gasteiger partial charge in [0.2, 0.25) is 0 Å². The smallest absolute Gasteiger partial charge is 0.268 e. The predicted octanol–water partition coefficient (Wildman–Crippen LogP) is 10.7. The zero-order chi connectivity index (χ0) is 37.3. The molecule has 7 heteroatoms. The minimum Gasteiger partial charge on any atom is -0.508 e. The first kappa shape index (κ1) is 35.0. The van der Waals surface area contributed by atoms with E-state index in [-0.39, 0.29) is 31.9 Å². The van der Waals surface area contributed by atoms with Crippen molar-refractivity contribution in [3.63, 3.8) is 0 Å². The second kappa shape index (κ2) is 13.7. The fraction of sp³-hybridized carbons (Fsp3) is 0.239. The molecule has 0 saturated heterocycles. The number of rotatable bonds is 6. The van der Waals surface area contributed by atoms with Gasteiger partial charge >= 0.3 is 0 Å². The predicted molar refractivity (Wildman–Crippen MR) is 209 cm³/mol. The summed E-state index contributed by atoms with van der Waals surface area (Å²) in [5.74, 6) is 0.942. The maximum Gasteiger partial charge on any atom is 0.268 e. The minimum atomic E-state index is -0.768. The van der Waals surface area contributed by atoms with Crippen molar-refractivity contribution in [2.45, 2.75) is 72.1 Å². The van der Waals surface area contributed by atoms with Gasteiger partial charge in [0, 0.05) is 45.6 Å². The van der Waals surface area contributed by atoms with Gasteiger partial charge in [-0.1, -0.05) is 116 Å². The van der Waals surface area contributed by atoms with Gasteiger partial charge in [-0.15, -0.1) is 23.6 Å². The summed E-state index contributed by atoms with van der Waals surface area (Å²) in [7, 11) is 0. The van der Waals surface area contributed by atoms with E-state index in [4.69, 9.17) is 11.1 Å². The van der Waals surface area contributed by atoms with E-state index in [0.717, 1.165) is 49.9 Å². The Morgan fingerprint density at radius 3 is 2.17 bits per heavy atom. The van der Waals surface area contributed by atoms with E-state index in [1.165, 1.54) is 11.1 Å². The van der Waals surface area contributed by atoms with E-state index in [9.17, 15) is 0 Å². The van der Waals surface area contributed by atoms with Gasteiger partial charge in [-0.05, 0) is 81.0 Å². The average Bonchev–Trinajstić information content (AvgIpc) is 3.67. The van der Waals surface area contributed by atoms with E-state index in [1.807, 2.05) is 54.8 Å². The van der Waals surface area contributed by atoms with Crippen LogP contribution in [0.5, 0.6) is 11.5 Å². The van der Waals surface area contributed by atoms with Gasteiger partial charge in [-0.3, -0.25) is 4.57 Å². The fourth-order valence-electron chi connectivity index (χ4n) is 6.71. The topological polar surface area (TPSA) is 48.8 Å². The molecule has 0 aliphatic heterocycles. The van der Waals surface area contributed by atoms with Crippen molar-refractivity contribution in [3.8, 4) is 28.7 Å². The summed E-state index contributed by atoms with van der Waals surface area (Å²) in [5, 5.41) is 2.12. The fourth-order valence-corrected chi connectivity index (χ4v) is 6.71. The molecule has 8 rings (SSSR count). The van der Waals surface area contributed by atoms with E-state index in [0.29, 0.717) is 17.2 Å². The van der Waals surface area contributed by atoms with Gasteiger partial charge < -0.3 is 18.9 Å². The molecule has 4 heterocycles. The first-order valence-corrected chi connectivity index (χ1v) is 17.7. The van der Waals surface area contributed by atoms with Crippen LogP contribution in [0, 0.1) is 18.5 Å². The molecule has 6 nitrogen and oxygen atoms in total. The molecule has 0 atom stereocenters. The Hall–Kier alpha value is -5.06. The molecular formula is C46H43N5OPt-2. The van der Waals surface area contributed by atoms with Gasteiger partial charge in [-0.25, -0.2) is 4.98 Å². The zero-order valence-corrected chi connectivity index (χ0v) is 33.6. The van der Waals surface area contributed by atoms with Crippen molar-refractivity contribution in [2.24, 2.45) is 0 Å². The van der Waals surface area contributed by atoms with Crippen LogP contribution in [0.15, 0.2) is 110 Å². The van der Waals surface area contributed by atoms with Crippen LogP contribution in [0.4, 0.5) is 0 Å². The second-order valence-corrected chi connectivity index (χ2v) is 15.8. The number of para-hydroxylation sites is 3. The van der Waals surface area contributed by atoms with Crippen molar-refractivity contribution in [3.05, 3.63) is 145 Å². The summed E-state index contributed by atoms with van der Waals surface area (Å²) in [5.41, 5.74) is 8.98. The first-order valence-electron chi connectivity index (χ1n) is 18.2. The Morgan fingerprint density at radius 2 is 1.45 bits per heavy atom. The molecule has 0 fully saturated rings. The van der Waals surface area contributed by atoms with Crippen LogP contribution < -0.4 is 9.30 Å². The third-order valence-electron chi connectivity index (χ3n) is 9.68. The Morgan fingerprint density at radius 1 is 0.755 bits per heavy atom. The first-order chi connectivity index (χ1) is 25.1. The number of fused-ring (bicyclic) bond motifs is 4. The van der Waals surface area contributed by atoms with E-state index in [2.05, 4.69) is 129 Å². The number of pyridine rings is 2. The van der Waals surface area contributed by atoms with Gasteiger partial charge in [0.15, 0.2) is 0 Å². The van der Waals surface area contributed by atoms with Crippen molar-refractivity contribution >= 4 is 32.8 Å². The van der Waals surface area contributed by atoms with E-state index >= 15 is 0 Å². The van der Waals surface area contributed by atoms with E-state index < -0.39 is 5.89 Å². The molecule has 0 aliphatic rings. The monoisotopic (exact) mass is 877 g/mol.